The number of hydrogen-bond donors (Lipinski definition) is 0. The molecule has 0 N–H and O–H groups in total. The molecule has 25 heavy (non-hydrogen) atoms. The van der Waals surface area contributed by atoms with Crippen molar-refractivity contribution in [1.82, 2.24) is 0 Å². The Labute approximate surface area is 151 Å². The molecular weight excluding hydrogens is 307 g/mol. The molecule has 0 saturated carbocycles. The van der Waals surface area contributed by atoms with E-state index in [-0.39, 0.29) is 18.3 Å². The predicted molar refractivity (Wildman–Crippen MR) is 104 cm³/mol. The molecule has 0 aromatic heterocycles. The summed E-state index contributed by atoms with van der Waals surface area (Å²) in [4.78, 5) is 0. The summed E-state index contributed by atoms with van der Waals surface area (Å²) in [6.07, 6.45) is 2.02. The molecular formula is C22H23BO2. The molecule has 0 bridgehead atoms. The van der Waals surface area contributed by atoms with E-state index in [1.165, 1.54) is 0 Å². The summed E-state index contributed by atoms with van der Waals surface area (Å²) in [5, 5.41) is 0. The van der Waals surface area contributed by atoms with Crippen LogP contribution in [0.2, 0.25) is 0 Å². The monoisotopic (exact) mass is 330 g/mol. The van der Waals surface area contributed by atoms with Gasteiger partial charge in [-0.25, -0.2) is 0 Å². The van der Waals surface area contributed by atoms with Crippen molar-refractivity contribution in [3.8, 4) is 11.8 Å². The summed E-state index contributed by atoms with van der Waals surface area (Å²) in [7, 11) is -0.317. The first-order chi connectivity index (χ1) is 11.9. The zero-order valence-corrected chi connectivity index (χ0v) is 15.2. The second-order valence-corrected chi connectivity index (χ2v) is 7.22. The van der Waals surface area contributed by atoms with E-state index >= 15 is 0 Å². The van der Waals surface area contributed by atoms with Crippen LogP contribution in [-0.4, -0.2) is 18.3 Å². The van der Waals surface area contributed by atoms with E-state index in [2.05, 4.69) is 51.7 Å². The van der Waals surface area contributed by atoms with Crippen LogP contribution in [0.1, 0.15) is 44.4 Å². The molecule has 2 nitrogen and oxygen atoms in total. The van der Waals surface area contributed by atoms with Crippen molar-refractivity contribution in [1.29, 1.82) is 0 Å². The predicted octanol–water partition coefficient (Wildman–Crippen LogP) is 4.73. The zero-order chi connectivity index (χ0) is 17.9. The van der Waals surface area contributed by atoms with Crippen LogP contribution in [0.15, 0.2) is 60.6 Å². The quantitative estimate of drug-likeness (QED) is 0.585. The molecule has 126 valence electrons. The normalized spacial score (nSPS) is 18.2. The second-order valence-electron chi connectivity index (χ2n) is 7.22. The molecule has 0 atom stereocenters. The molecule has 1 heterocycles. The van der Waals surface area contributed by atoms with Gasteiger partial charge in [-0.05, 0) is 57.5 Å². The third-order valence-corrected chi connectivity index (χ3v) is 4.75. The van der Waals surface area contributed by atoms with Crippen LogP contribution in [0.4, 0.5) is 0 Å². The van der Waals surface area contributed by atoms with E-state index in [4.69, 9.17) is 9.31 Å². The number of benzene rings is 2. The molecule has 2 aromatic carbocycles. The molecule has 0 unspecified atom stereocenters. The summed E-state index contributed by atoms with van der Waals surface area (Å²) in [5.41, 5.74) is 2.50. The van der Waals surface area contributed by atoms with E-state index in [0.29, 0.717) is 0 Å². The molecule has 0 spiro atoms. The third kappa shape index (κ3) is 4.23. The first kappa shape index (κ1) is 17.5. The maximum absolute atomic E-state index is 5.97. The number of hydrogen-bond acceptors (Lipinski definition) is 2. The van der Waals surface area contributed by atoms with Gasteiger partial charge in [0, 0.05) is 11.1 Å². The van der Waals surface area contributed by atoms with Crippen molar-refractivity contribution in [3.63, 3.8) is 0 Å². The molecule has 1 aliphatic rings. The summed E-state index contributed by atoms with van der Waals surface area (Å²) >= 11 is 0. The Balaban J connectivity index is 1.65. The molecule has 1 fully saturated rings. The van der Waals surface area contributed by atoms with Gasteiger partial charge in [-0.15, -0.1) is 0 Å². The molecule has 3 rings (SSSR count). The van der Waals surface area contributed by atoms with Crippen molar-refractivity contribution < 1.29 is 9.31 Å². The van der Waals surface area contributed by atoms with Gasteiger partial charge in [0.2, 0.25) is 0 Å². The highest BCUT2D eigenvalue weighted by atomic mass is 16.7. The smallest absolute Gasteiger partial charge is 0.400 e. The first-order valence-electron chi connectivity index (χ1n) is 8.57. The lowest BCUT2D eigenvalue weighted by Crippen LogP contribution is -2.41. The van der Waals surface area contributed by atoms with Gasteiger partial charge in [0.1, 0.15) is 0 Å². The van der Waals surface area contributed by atoms with Crippen molar-refractivity contribution in [2.24, 2.45) is 0 Å². The Morgan fingerprint density at radius 3 is 1.84 bits per heavy atom. The van der Waals surface area contributed by atoms with Gasteiger partial charge in [-0.2, -0.15) is 0 Å². The Hall–Kier alpha value is -2.28. The topological polar surface area (TPSA) is 18.5 Å². The maximum Gasteiger partial charge on any atom is 0.487 e. The van der Waals surface area contributed by atoms with E-state index in [0.717, 1.165) is 16.7 Å². The SMILES string of the molecule is CC1(C)OB(/C=C/c2ccc(C#Cc3ccccc3)cc2)OC1(C)C. The fraction of sp³-hybridized carbons (Fsp3) is 0.273. The van der Waals surface area contributed by atoms with E-state index < -0.39 is 0 Å². The van der Waals surface area contributed by atoms with Gasteiger partial charge in [0.25, 0.3) is 0 Å². The summed E-state index contributed by atoms with van der Waals surface area (Å²) < 4.78 is 11.9. The molecule has 2 aromatic rings. The second kappa shape index (κ2) is 6.92. The minimum atomic E-state index is -0.317. The molecule has 3 heteroatoms. The van der Waals surface area contributed by atoms with E-state index in [9.17, 15) is 0 Å². The van der Waals surface area contributed by atoms with Crippen LogP contribution < -0.4 is 0 Å². The molecule has 0 radical (unpaired) electrons. The Kier molecular flexibility index (Phi) is 4.86. The lowest BCUT2D eigenvalue weighted by atomic mass is 9.89. The standard InChI is InChI=1S/C22H23BO2/c1-21(2)22(3,4)25-23(24-21)17-16-20-14-12-19(13-15-20)11-10-18-8-6-5-7-9-18/h5-9,12-17H,1-4H3/b17-16+. The van der Waals surface area contributed by atoms with E-state index in [1.807, 2.05) is 54.5 Å². The third-order valence-electron chi connectivity index (χ3n) is 4.75. The van der Waals surface area contributed by atoms with Crippen molar-refractivity contribution >= 4 is 13.2 Å². The lowest BCUT2D eigenvalue weighted by Gasteiger charge is -2.32. The van der Waals surface area contributed by atoms with Gasteiger partial charge in [0.15, 0.2) is 0 Å². The summed E-state index contributed by atoms with van der Waals surface area (Å²) in [6, 6.07) is 18.2. The van der Waals surface area contributed by atoms with Gasteiger partial charge in [-0.1, -0.05) is 54.2 Å². The first-order valence-corrected chi connectivity index (χ1v) is 8.57. The van der Waals surface area contributed by atoms with Crippen LogP contribution >= 0.6 is 0 Å². The van der Waals surface area contributed by atoms with Gasteiger partial charge < -0.3 is 9.31 Å². The molecule has 0 aliphatic carbocycles. The Morgan fingerprint density at radius 1 is 0.760 bits per heavy atom. The van der Waals surface area contributed by atoms with Crippen LogP contribution in [0.5, 0.6) is 0 Å². The largest absolute Gasteiger partial charge is 0.487 e. The highest BCUT2D eigenvalue weighted by Gasteiger charge is 2.49. The lowest BCUT2D eigenvalue weighted by molar-refractivity contribution is 0.00578. The average Bonchev–Trinajstić information content (AvgIpc) is 2.80. The molecule has 0 amide bonds. The molecule has 1 aliphatic heterocycles. The maximum atomic E-state index is 5.97. The van der Waals surface area contributed by atoms with Gasteiger partial charge >= 0.3 is 7.12 Å². The highest BCUT2D eigenvalue weighted by molar-refractivity contribution is 6.52. The Bertz CT molecular complexity index is 793. The summed E-state index contributed by atoms with van der Waals surface area (Å²) in [6.45, 7) is 8.23. The fourth-order valence-corrected chi connectivity index (χ4v) is 2.50. The number of rotatable bonds is 2. The minimum Gasteiger partial charge on any atom is -0.400 e. The fourth-order valence-electron chi connectivity index (χ4n) is 2.50. The highest BCUT2D eigenvalue weighted by Crippen LogP contribution is 2.37. The van der Waals surface area contributed by atoms with Crippen molar-refractivity contribution in [2.75, 3.05) is 0 Å². The van der Waals surface area contributed by atoms with Gasteiger partial charge in [0.05, 0.1) is 11.2 Å². The van der Waals surface area contributed by atoms with Crippen molar-refractivity contribution in [2.45, 2.75) is 38.9 Å². The molecule has 1 saturated heterocycles. The van der Waals surface area contributed by atoms with Crippen LogP contribution in [0.3, 0.4) is 0 Å². The van der Waals surface area contributed by atoms with E-state index in [1.54, 1.807) is 0 Å². The summed E-state index contributed by atoms with van der Waals surface area (Å²) in [5.74, 6) is 8.31. The Morgan fingerprint density at radius 2 is 1.28 bits per heavy atom. The average molecular weight is 330 g/mol. The minimum absolute atomic E-state index is 0.307. The van der Waals surface area contributed by atoms with Gasteiger partial charge in [-0.3, -0.25) is 0 Å². The zero-order valence-electron chi connectivity index (χ0n) is 15.2. The van der Waals surface area contributed by atoms with Crippen LogP contribution in [-0.2, 0) is 9.31 Å². The van der Waals surface area contributed by atoms with Crippen LogP contribution in [0.25, 0.3) is 6.08 Å². The van der Waals surface area contributed by atoms with Crippen LogP contribution in [0, 0.1) is 11.8 Å². The van der Waals surface area contributed by atoms with Crippen molar-refractivity contribution in [3.05, 3.63) is 77.3 Å².